The molecule has 15 heavy (non-hydrogen) atoms. The molecule has 0 saturated carbocycles. The Morgan fingerprint density at radius 3 is 2.53 bits per heavy atom. The highest BCUT2D eigenvalue weighted by molar-refractivity contribution is 9.13. The smallest absolute Gasteiger partial charge is 0.228 e. The lowest BCUT2D eigenvalue weighted by molar-refractivity contribution is 0.0941. The Balaban J connectivity index is 2.88. The summed E-state index contributed by atoms with van der Waals surface area (Å²) in [6.07, 6.45) is 1.42. The van der Waals surface area contributed by atoms with E-state index in [0.717, 1.165) is 8.95 Å². The number of rotatable bonds is 0. The van der Waals surface area contributed by atoms with E-state index >= 15 is 0 Å². The van der Waals surface area contributed by atoms with Crippen LogP contribution >= 0.6 is 31.9 Å². The molecule has 2 rings (SSSR count). The molecule has 0 unspecified atom stereocenters. The lowest BCUT2D eigenvalue weighted by Gasteiger charge is -2.00. The maximum Gasteiger partial charge on any atom is 0.228 e. The minimum Gasteiger partial charge on any atom is -0.506 e. The molecule has 1 heterocycles. The molecule has 0 radical (unpaired) electrons. The van der Waals surface area contributed by atoms with Gasteiger partial charge in [-0.25, -0.2) is 0 Å². The lowest BCUT2D eigenvalue weighted by Crippen LogP contribution is -2.02. The van der Waals surface area contributed by atoms with E-state index in [1.54, 1.807) is 12.1 Å². The SMILES string of the molecule is CC(=O)n1cc(O)c2cc(Br)c(Br)cc21. The van der Waals surface area contributed by atoms with Gasteiger partial charge in [0.15, 0.2) is 0 Å². The second-order valence-corrected chi connectivity index (χ2v) is 4.90. The molecule has 1 N–H and O–H groups in total. The van der Waals surface area contributed by atoms with Crippen molar-refractivity contribution >= 4 is 48.7 Å². The third-order valence-corrected chi connectivity index (χ3v) is 4.01. The van der Waals surface area contributed by atoms with Gasteiger partial charge in [0, 0.05) is 21.3 Å². The molecule has 0 fully saturated rings. The van der Waals surface area contributed by atoms with Crippen molar-refractivity contribution in [3.63, 3.8) is 0 Å². The normalized spacial score (nSPS) is 10.9. The van der Waals surface area contributed by atoms with Crippen molar-refractivity contribution in [3.8, 4) is 5.75 Å². The number of aromatic nitrogens is 1. The highest BCUT2D eigenvalue weighted by Crippen LogP contribution is 2.34. The molecule has 1 aromatic carbocycles. The van der Waals surface area contributed by atoms with Crippen LogP contribution in [0.4, 0.5) is 0 Å². The van der Waals surface area contributed by atoms with Gasteiger partial charge in [0.2, 0.25) is 5.91 Å². The minimum atomic E-state index is -0.130. The van der Waals surface area contributed by atoms with Crippen molar-refractivity contribution in [1.29, 1.82) is 0 Å². The van der Waals surface area contributed by atoms with Crippen LogP contribution in [0.2, 0.25) is 0 Å². The van der Waals surface area contributed by atoms with Gasteiger partial charge in [-0.2, -0.15) is 0 Å². The Bertz CT molecular complexity index is 560. The number of carbonyl (C=O) groups is 1. The number of nitrogens with zero attached hydrogens (tertiary/aromatic N) is 1. The molecule has 1 aromatic heterocycles. The van der Waals surface area contributed by atoms with E-state index in [9.17, 15) is 9.90 Å². The summed E-state index contributed by atoms with van der Waals surface area (Å²) in [7, 11) is 0. The molecule has 0 atom stereocenters. The number of aromatic hydroxyl groups is 1. The monoisotopic (exact) mass is 331 g/mol. The summed E-state index contributed by atoms with van der Waals surface area (Å²) in [5, 5.41) is 10.3. The maximum absolute atomic E-state index is 11.3. The highest BCUT2D eigenvalue weighted by Gasteiger charge is 2.12. The summed E-state index contributed by atoms with van der Waals surface area (Å²) in [4.78, 5) is 11.3. The fourth-order valence-electron chi connectivity index (χ4n) is 1.46. The van der Waals surface area contributed by atoms with Gasteiger partial charge in [-0.05, 0) is 44.0 Å². The predicted molar refractivity (Wildman–Crippen MR) is 65.3 cm³/mol. The summed E-state index contributed by atoms with van der Waals surface area (Å²) < 4.78 is 3.10. The van der Waals surface area contributed by atoms with Gasteiger partial charge in [-0.1, -0.05) is 0 Å². The largest absolute Gasteiger partial charge is 0.506 e. The Hall–Kier alpha value is -0.810. The summed E-state index contributed by atoms with van der Waals surface area (Å²) in [5.41, 5.74) is 0.690. The standard InChI is InChI=1S/C10H7Br2NO2/c1-5(14)13-4-10(15)6-2-7(11)8(12)3-9(6)13/h2-4,15H,1H3. The number of hydrogen-bond donors (Lipinski definition) is 1. The van der Waals surface area contributed by atoms with Crippen molar-refractivity contribution in [3.05, 3.63) is 27.3 Å². The van der Waals surface area contributed by atoms with E-state index in [-0.39, 0.29) is 11.7 Å². The summed E-state index contributed by atoms with van der Waals surface area (Å²) in [6.45, 7) is 1.45. The summed E-state index contributed by atoms with van der Waals surface area (Å²) in [5.74, 6) is -0.0251. The van der Waals surface area contributed by atoms with Crippen LogP contribution in [-0.2, 0) is 0 Å². The van der Waals surface area contributed by atoms with Gasteiger partial charge in [0.1, 0.15) is 5.75 Å². The zero-order valence-electron chi connectivity index (χ0n) is 7.79. The molecule has 0 aliphatic rings. The first-order valence-electron chi connectivity index (χ1n) is 4.20. The van der Waals surface area contributed by atoms with Crippen LogP contribution in [-0.4, -0.2) is 15.6 Å². The molecule has 0 spiro atoms. The lowest BCUT2D eigenvalue weighted by atomic mass is 10.2. The van der Waals surface area contributed by atoms with Gasteiger partial charge in [0.25, 0.3) is 0 Å². The summed E-state index contributed by atoms with van der Waals surface area (Å²) >= 11 is 6.70. The van der Waals surface area contributed by atoms with Gasteiger partial charge in [0.05, 0.1) is 11.7 Å². The topological polar surface area (TPSA) is 42.2 Å². The van der Waals surface area contributed by atoms with Crippen LogP contribution < -0.4 is 0 Å². The molecular formula is C10H7Br2NO2. The van der Waals surface area contributed by atoms with E-state index in [1.807, 2.05) is 0 Å². The van der Waals surface area contributed by atoms with Crippen LogP contribution in [0.3, 0.4) is 0 Å². The van der Waals surface area contributed by atoms with Crippen LogP contribution in [0.15, 0.2) is 27.3 Å². The molecule has 78 valence electrons. The Kier molecular flexibility index (Phi) is 2.60. The molecule has 0 amide bonds. The minimum absolute atomic E-state index is 0.105. The zero-order chi connectivity index (χ0) is 11.2. The van der Waals surface area contributed by atoms with E-state index in [0.29, 0.717) is 10.9 Å². The van der Waals surface area contributed by atoms with E-state index in [2.05, 4.69) is 31.9 Å². The Morgan fingerprint density at radius 1 is 1.33 bits per heavy atom. The fourth-order valence-corrected chi connectivity index (χ4v) is 2.14. The number of benzene rings is 1. The average molecular weight is 333 g/mol. The van der Waals surface area contributed by atoms with Crippen molar-refractivity contribution in [2.45, 2.75) is 6.92 Å². The summed E-state index contributed by atoms with van der Waals surface area (Å²) in [6, 6.07) is 3.56. The van der Waals surface area contributed by atoms with E-state index in [4.69, 9.17) is 0 Å². The number of carbonyl (C=O) groups excluding carboxylic acids is 1. The number of fused-ring (bicyclic) bond motifs is 1. The molecule has 0 aliphatic heterocycles. The van der Waals surface area contributed by atoms with Gasteiger partial charge in [-0.15, -0.1) is 0 Å². The molecule has 0 bridgehead atoms. The van der Waals surface area contributed by atoms with Crippen molar-refractivity contribution in [1.82, 2.24) is 4.57 Å². The Labute approximate surface area is 103 Å². The van der Waals surface area contributed by atoms with Gasteiger partial charge in [-0.3, -0.25) is 9.36 Å². The molecule has 3 nitrogen and oxygen atoms in total. The first-order valence-corrected chi connectivity index (χ1v) is 5.79. The first-order chi connectivity index (χ1) is 7.00. The predicted octanol–water partition coefficient (Wildman–Crippen LogP) is 3.53. The zero-order valence-corrected chi connectivity index (χ0v) is 11.0. The third-order valence-electron chi connectivity index (χ3n) is 2.16. The van der Waals surface area contributed by atoms with Crippen LogP contribution in [0.25, 0.3) is 10.9 Å². The maximum atomic E-state index is 11.3. The average Bonchev–Trinajstić information content (AvgIpc) is 2.45. The molecular weight excluding hydrogens is 326 g/mol. The van der Waals surface area contributed by atoms with Crippen LogP contribution in [0.1, 0.15) is 11.7 Å². The number of hydrogen-bond acceptors (Lipinski definition) is 2. The van der Waals surface area contributed by atoms with E-state index in [1.165, 1.54) is 17.7 Å². The quantitative estimate of drug-likeness (QED) is 0.801. The number of halogens is 2. The first kappa shape index (κ1) is 10.7. The van der Waals surface area contributed by atoms with Crippen LogP contribution in [0, 0.1) is 0 Å². The second kappa shape index (κ2) is 3.64. The highest BCUT2D eigenvalue weighted by atomic mass is 79.9. The molecule has 5 heteroatoms. The molecule has 0 saturated heterocycles. The molecule has 2 aromatic rings. The van der Waals surface area contributed by atoms with Crippen LogP contribution in [0.5, 0.6) is 5.75 Å². The second-order valence-electron chi connectivity index (χ2n) is 3.19. The van der Waals surface area contributed by atoms with Gasteiger partial charge < -0.3 is 5.11 Å². The third kappa shape index (κ3) is 1.70. The van der Waals surface area contributed by atoms with Gasteiger partial charge >= 0.3 is 0 Å². The van der Waals surface area contributed by atoms with Crippen molar-refractivity contribution < 1.29 is 9.90 Å². The van der Waals surface area contributed by atoms with E-state index < -0.39 is 0 Å². The fraction of sp³-hybridized carbons (Fsp3) is 0.100. The van der Waals surface area contributed by atoms with Crippen molar-refractivity contribution in [2.24, 2.45) is 0 Å². The molecule has 0 aliphatic carbocycles. The van der Waals surface area contributed by atoms with Crippen molar-refractivity contribution in [2.75, 3.05) is 0 Å². The Morgan fingerprint density at radius 2 is 1.93 bits per heavy atom.